The van der Waals surface area contributed by atoms with Crippen LogP contribution in [0.2, 0.25) is 0 Å². The van der Waals surface area contributed by atoms with E-state index < -0.39 is 10.0 Å². The van der Waals surface area contributed by atoms with Crippen molar-refractivity contribution in [3.63, 3.8) is 0 Å². The third kappa shape index (κ3) is 10.5. The van der Waals surface area contributed by atoms with E-state index in [1.165, 1.54) is 7.11 Å². The highest BCUT2D eigenvalue weighted by Crippen LogP contribution is 2.42. The summed E-state index contributed by atoms with van der Waals surface area (Å²) in [5.74, 6) is 3.18. The number of nitrogens with zero attached hydrogens (tertiary/aromatic N) is 10. The third-order valence-electron chi connectivity index (χ3n) is 11.9. The number of nitrogens with two attached hydrogens (primary N) is 1. The Balaban J connectivity index is 0.000000175. The lowest BCUT2D eigenvalue weighted by Crippen LogP contribution is -2.31. The van der Waals surface area contributed by atoms with Crippen molar-refractivity contribution < 1.29 is 46.4 Å². The minimum atomic E-state index is -3.53. The van der Waals surface area contributed by atoms with E-state index in [0.717, 1.165) is 41.2 Å². The number of hydrogen-bond donors (Lipinski definition) is 2. The van der Waals surface area contributed by atoms with Crippen molar-refractivity contribution in [2.24, 2.45) is 14.1 Å². The number of benzene rings is 2. The molecule has 0 bridgehead atoms. The average molecular weight is 979 g/mol. The number of nitrogens with one attached hydrogen (secondary N) is 1. The minimum Gasteiger partial charge on any atom is -0.490 e. The zero-order chi connectivity index (χ0) is 49.1. The predicted octanol–water partition coefficient (Wildman–Crippen LogP) is 4.25. The van der Waals surface area contributed by atoms with Gasteiger partial charge in [-0.3, -0.25) is 14.3 Å². The van der Waals surface area contributed by atoms with Gasteiger partial charge in [0.05, 0.1) is 100 Å². The Morgan fingerprint density at radius 1 is 0.686 bits per heavy atom. The molecular weight excluding hydrogens is 925 g/mol. The number of fused-ring (bicyclic) bond motifs is 2. The highest BCUT2D eigenvalue weighted by Gasteiger charge is 2.32. The molecule has 3 N–H and O–H groups in total. The van der Waals surface area contributed by atoms with Crippen molar-refractivity contribution in [2.75, 3.05) is 93.2 Å². The number of likely N-dealkylation sites (tertiary alicyclic amines) is 2. The number of rotatable bonds is 12. The van der Waals surface area contributed by atoms with Gasteiger partial charge in [0.2, 0.25) is 21.8 Å². The first-order valence-corrected chi connectivity index (χ1v) is 24.4. The monoisotopic (exact) mass is 978 g/mol. The van der Waals surface area contributed by atoms with Crippen LogP contribution in [0, 0.1) is 0 Å². The van der Waals surface area contributed by atoms with Gasteiger partial charge in [-0.1, -0.05) is 0 Å². The van der Waals surface area contributed by atoms with Crippen LogP contribution >= 0.6 is 0 Å². The predicted molar refractivity (Wildman–Crippen MR) is 259 cm³/mol. The topological polar surface area (TPSA) is 236 Å². The van der Waals surface area contributed by atoms with E-state index in [0.29, 0.717) is 99.0 Å². The summed E-state index contributed by atoms with van der Waals surface area (Å²) in [4.78, 5) is 49.9. The Morgan fingerprint density at radius 3 is 1.61 bits per heavy atom. The summed E-state index contributed by atoms with van der Waals surface area (Å²) >= 11 is 0. The standard InChI is InChI=1S/C24H28N6O6S.C23H26N6O4/c1-28-14-20(26-15-28)24(31)29-7-6-18(13-29)36-17-4-5-22-21(11-17)30(8-9-35-22)16-10-19(27-37(3,32)33)23(34-2)25-12-16;1-27-13-19(26-14-27)23(30)28-6-5-17(12-28)33-16-3-4-21-20(10-16)29(7-8-32-21)15-9-18(24)22(31-2)25-11-15/h4-5,10-12,14-15,18,27H,6-9,13H2,1-3H3;3-4,9-11,13-14,17H,5-8,12,24H2,1-2H3/t18-;17-/m00/s1. The smallest absolute Gasteiger partial charge is 0.274 e. The molecule has 4 aromatic heterocycles. The summed E-state index contributed by atoms with van der Waals surface area (Å²) < 4.78 is 64.2. The molecule has 0 aliphatic carbocycles. The Hall–Kier alpha value is -7.95. The Labute approximate surface area is 404 Å². The zero-order valence-corrected chi connectivity index (χ0v) is 40.2. The largest absolute Gasteiger partial charge is 0.490 e. The van der Waals surface area contributed by atoms with Crippen LogP contribution in [0.25, 0.3) is 0 Å². The first-order valence-electron chi connectivity index (χ1n) is 22.5. The van der Waals surface area contributed by atoms with Crippen LogP contribution in [0.5, 0.6) is 34.8 Å². The molecule has 4 aliphatic rings. The van der Waals surface area contributed by atoms with Crippen molar-refractivity contribution in [1.29, 1.82) is 0 Å². The average Bonchev–Trinajstić information content (AvgIpc) is 4.20. The summed E-state index contributed by atoms with van der Waals surface area (Å²) in [7, 11) is 3.11. The molecule has 0 spiro atoms. The number of aryl methyl sites for hydroxylation is 2. The number of carbonyl (C=O) groups excluding carboxylic acids is 2. The number of carbonyl (C=O) groups is 2. The molecular formula is C47H54N12O10S. The number of aromatic nitrogens is 6. The van der Waals surface area contributed by atoms with E-state index in [2.05, 4.69) is 29.6 Å². The van der Waals surface area contributed by atoms with E-state index in [9.17, 15) is 18.0 Å². The molecule has 0 saturated carbocycles. The maximum absolute atomic E-state index is 12.7. The fourth-order valence-corrected chi connectivity index (χ4v) is 9.20. The maximum atomic E-state index is 12.7. The van der Waals surface area contributed by atoms with Gasteiger partial charge in [-0.15, -0.1) is 0 Å². The van der Waals surface area contributed by atoms with Gasteiger partial charge in [0.1, 0.15) is 65.5 Å². The zero-order valence-electron chi connectivity index (χ0n) is 39.3. The number of pyridine rings is 2. The Kier molecular flexibility index (Phi) is 13.4. The number of hydrogen-bond acceptors (Lipinski definition) is 17. The molecule has 10 rings (SSSR count). The number of nitrogen functional groups attached to an aromatic ring is 1. The van der Waals surface area contributed by atoms with Crippen molar-refractivity contribution in [3.05, 3.63) is 97.4 Å². The second-order valence-electron chi connectivity index (χ2n) is 17.1. The first-order chi connectivity index (χ1) is 33.7. The highest BCUT2D eigenvalue weighted by molar-refractivity contribution is 7.92. The highest BCUT2D eigenvalue weighted by atomic mass is 32.2. The summed E-state index contributed by atoms with van der Waals surface area (Å²) in [5.41, 5.74) is 10.8. The molecule has 2 aromatic carbocycles. The van der Waals surface area contributed by atoms with Gasteiger partial charge in [0.25, 0.3) is 11.8 Å². The van der Waals surface area contributed by atoms with Gasteiger partial charge in [0.15, 0.2) is 0 Å². The van der Waals surface area contributed by atoms with Crippen molar-refractivity contribution in [3.8, 4) is 34.8 Å². The quantitative estimate of drug-likeness (QED) is 0.174. The van der Waals surface area contributed by atoms with Crippen LogP contribution in [0.1, 0.15) is 33.8 Å². The van der Waals surface area contributed by atoms with Crippen LogP contribution < -0.4 is 48.7 Å². The molecule has 6 aromatic rings. The number of methoxy groups -OCH3 is 2. The SMILES string of the molecule is COc1ncc(N2CCOc3ccc(O[C@H]4CCN(C(=O)c5cn(C)cn5)C4)cc32)cc1N.COc1ncc(N2CCOc3ccc(O[C@H]4CCN(C(=O)c5cn(C)cn5)C4)cc32)cc1NS(C)(=O)=O. The fraction of sp³-hybridized carbons (Fsp3) is 0.362. The number of ether oxygens (including phenoxy) is 6. The summed E-state index contributed by atoms with van der Waals surface area (Å²) in [5, 5.41) is 0. The number of imidazole rings is 2. The summed E-state index contributed by atoms with van der Waals surface area (Å²) in [6.07, 6.45) is 12.3. The van der Waals surface area contributed by atoms with Crippen molar-refractivity contribution in [1.82, 2.24) is 38.9 Å². The molecule has 4 aliphatic heterocycles. The first kappa shape index (κ1) is 47.1. The molecule has 2 atom stereocenters. The number of anilines is 6. The van der Waals surface area contributed by atoms with Crippen LogP contribution in [-0.4, -0.2) is 144 Å². The number of sulfonamides is 1. The second-order valence-corrected chi connectivity index (χ2v) is 18.8. The maximum Gasteiger partial charge on any atom is 0.274 e. The molecule has 2 amide bonds. The molecule has 2 saturated heterocycles. The van der Waals surface area contributed by atoms with E-state index in [4.69, 9.17) is 34.2 Å². The fourth-order valence-electron chi connectivity index (χ4n) is 8.65. The molecule has 2 fully saturated rings. The van der Waals surface area contributed by atoms with Crippen LogP contribution in [0.4, 0.5) is 34.1 Å². The van der Waals surface area contributed by atoms with Gasteiger partial charge in [-0.2, -0.15) is 0 Å². The van der Waals surface area contributed by atoms with E-state index in [1.807, 2.05) is 61.5 Å². The Morgan fingerprint density at radius 2 is 1.17 bits per heavy atom. The molecule has 368 valence electrons. The molecule has 8 heterocycles. The minimum absolute atomic E-state index is 0.0729. The van der Waals surface area contributed by atoms with E-state index in [1.54, 1.807) is 69.6 Å². The van der Waals surface area contributed by atoms with Gasteiger partial charge >= 0.3 is 0 Å². The molecule has 70 heavy (non-hydrogen) atoms. The molecule has 0 radical (unpaired) electrons. The lowest BCUT2D eigenvalue weighted by atomic mass is 10.2. The van der Waals surface area contributed by atoms with Crippen LogP contribution in [-0.2, 0) is 24.1 Å². The summed E-state index contributed by atoms with van der Waals surface area (Å²) in [6.45, 7) is 4.39. The van der Waals surface area contributed by atoms with Gasteiger partial charge in [-0.05, 0) is 36.4 Å². The second kappa shape index (κ2) is 19.9. The molecule has 22 nitrogen and oxygen atoms in total. The van der Waals surface area contributed by atoms with E-state index in [-0.39, 0.29) is 35.6 Å². The van der Waals surface area contributed by atoms with E-state index >= 15 is 0 Å². The summed E-state index contributed by atoms with van der Waals surface area (Å²) in [6, 6.07) is 14.8. The van der Waals surface area contributed by atoms with Crippen LogP contribution in [0.15, 0.2) is 86.0 Å². The van der Waals surface area contributed by atoms with Crippen LogP contribution in [0.3, 0.4) is 0 Å². The lowest BCUT2D eigenvalue weighted by Gasteiger charge is -2.32. The molecule has 0 unspecified atom stereocenters. The van der Waals surface area contributed by atoms with Crippen molar-refractivity contribution in [2.45, 2.75) is 25.0 Å². The van der Waals surface area contributed by atoms with Crippen molar-refractivity contribution >= 4 is 56.0 Å². The van der Waals surface area contributed by atoms with Gasteiger partial charge < -0.3 is 62.9 Å². The van der Waals surface area contributed by atoms with Gasteiger partial charge in [0, 0.05) is 64.6 Å². The third-order valence-corrected chi connectivity index (χ3v) is 12.5. The molecule has 23 heteroatoms. The number of amides is 2. The lowest BCUT2D eigenvalue weighted by molar-refractivity contribution is 0.0760. The normalized spacial score (nSPS) is 17.3. The van der Waals surface area contributed by atoms with Gasteiger partial charge in [-0.25, -0.2) is 28.4 Å². The Bertz CT molecular complexity index is 3000.